The first kappa shape index (κ1) is 13.8. The molecule has 1 N–H and O–H groups in total. The average molecular weight is 280 g/mol. The van der Waals surface area contributed by atoms with Crippen molar-refractivity contribution in [1.29, 1.82) is 0 Å². The highest BCUT2D eigenvalue weighted by molar-refractivity contribution is 5.97. The molecule has 0 saturated heterocycles. The molecule has 0 fully saturated rings. The van der Waals surface area contributed by atoms with Crippen molar-refractivity contribution >= 4 is 17.7 Å². The Morgan fingerprint density at radius 1 is 1.55 bits per heavy atom. The monoisotopic (exact) mass is 280 g/mol. The standard InChI is InChI=1S/C12H12N2O6/c1-19-12(16)20-6-8-4-7-2-3-9(14(17)18)5-10(7)11(15)13-8/h2-3,5,8H,4,6H2,1H3,(H,13,15)/t8-/m1/s1. The van der Waals surface area contributed by atoms with E-state index in [1.54, 1.807) is 0 Å². The molecule has 8 heteroatoms. The summed E-state index contributed by atoms with van der Waals surface area (Å²) in [6.07, 6.45) is -0.399. The van der Waals surface area contributed by atoms with Crippen molar-refractivity contribution in [2.45, 2.75) is 12.5 Å². The summed E-state index contributed by atoms with van der Waals surface area (Å²) in [6.45, 7) is -0.0190. The second-order valence-corrected chi connectivity index (χ2v) is 4.24. The molecule has 0 bridgehead atoms. The van der Waals surface area contributed by atoms with Crippen LogP contribution in [0.4, 0.5) is 10.5 Å². The van der Waals surface area contributed by atoms with Crippen LogP contribution in [-0.2, 0) is 15.9 Å². The van der Waals surface area contributed by atoms with Gasteiger partial charge >= 0.3 is 6.16 Å². The first-order chi connectivity index (χ1) is 9.51. The number of rotatable bonds is 3. The van der Waals surface area contributed by atoms with Crippen LogP contribution in [0.5, 0.6) is 0 Å². The molecule has 1 amide bonds. The molecule has 2 rings (SSSR count). The smallest absolute Gasteiger partial charge is 0.438 e. The summed E-state index contributed by atoms with van der Waals surface area (Å²) in [4.78, 5) is 32.9. The van der Waals surface area contributed by atoms with Crippen molar-refractivity contribution in [2.24, 2.45) is 0 Å². The van der Waals surface area contributed by atoms with Crippen molar-refractivity contribution in [3.05, 3.63) is 39.4 Å². The van der Waals surface area contributed by atoms with Crippen LogP contribution in [0.15, 0.2) is 18.2 Å². The Morgan fingerprint density at radius 3 is 2.95 bits per heavy atom. The minimum atomic E-state index is -0.825. The number of nitrogens with zero attached hydrogens (tertiary/aromatic N) is 1. The number of fused-ring (bicyclic) bond motifs is 1. The molecule has 0 radical (unpaired) electrons. The van der Waals surface area contributed by atoms with E-state index in [-0.39, 0.29) is 23.9 Å². The van der Waals surface area contributed by atoms with E-state index in [0.29, 0.717) is 12.0 Å². The molecule has 1 aromatic rings. The van der Waals surface area contributed by atoms with Crippen molar-refractivity contribution in [3.63, 3.8) is 0 Å². The lowest BCUT2D eigenvalue weighted by molar-refractivity contribution is -0.384. The fourth-order valence-corrected chi connectivity index (χ4v) is 1.98. The number of hydrogen-bond donors (Lipinski definition) is 1. The second-order valence-electron chi connectivity index (χ2n) is 4.24. The van der Waals surface area contributed by atoms with Crippen molar-refractivity contribution in [2.75, 3.05) is 13.7 Å². The molecular weight excluding hydrogens is 268 g/mol. The molecular formula is C12H12N2O6. The first-order valence-corrected chi connectivity index (χ1v) is 5.80. The predicted molar refractivity (Wildman–Crippen MR) is 66.4 cm³/mol. The van der Waals surface area contributed by atoms with E-state index in [4.69, 9.17) is 4.74 Å². The number of nitro groups is 1. The molecule has 20 heavy (non-hydrogen) atoms. The Balaban J connectivity index is 2.12. The van der Waals surface area contributed by atoms with Crippen LogP contribution in [0.3, 0.4) is 0 Å². The predicted octanol–water partition coefficient (Wildman–Crippen LogP) is 1.03. The van der Waals surface area contributed by atoms with Crippen LogP contribution in [0.1, 0.15) is 15.9 Å². The summed E-state index contributed by atoms with van der Waals surface area (Å²) in [5.41, 5.74) is 0.814. The van der Waals surface area contributed by atoms with Gasteiger partial charge in [0.05, 0.1) is 18.1 Å². The Labute approximate surface area is 113 Å². The molecule has 0 spiro atoms. The number of non-ortho nitro benzene ring substituents is 1. The van der Waals surface area contributed by atoms with Crippen LogP contribution in [0, 0.1) is 10.1 Å². The van der Waals surface area contributed by atoms with Crippen LogP contribution >= 0.6 is 0 Å². The fraction of sp³-hybridized carbons (Fsp3) is 0.333. The minimum absolute atomic E-state index is 0.0190. The number of ether oxygens (including phenoxy) is 2. The largest absolute Gasteiger partial charge is 0.508 e. The van der Waals surface area contributed by atoms with Crippen molar-refractivity contribution in [1.82, 2.24) is 5.32 Å². The maximum absolute atomic E-state index is 11.9. The average Bonchev–Trinajstić information content (AvgIpc) is 2.44. The Hall–Kier alpha value is -2.64. The van der Waals surface area contributed by atoms with Crippen LogP contribution < -0.4 is 5.32 Å². The van der Waals surface area contributed by atoms with Gasteiger partial charge in [0, 0.05) is 17.7 Å². The van der Waals surface area contributed by atoms with Gasteiger partial charge in [-0.15, -0.1) is 0 Å². The first-order valence-electron chi connectivity index (χ1n) is 5.80. The zero-order chi connectivity index (χ0) is 14.7. The maximum Gasteiger partial charge on any atom is 0.508 e. The summed E-state index contributed by atoms with van der Waals surface area (Å²) in [5, 5.41) is 13.3. The number of hydrogen-bond acceptors (Lipinski definition) is 6. The van der Waals surface area contributed by atoms with E-state index in [2.05, 4.69) is 10.1 Å². The number of amides is 1. The molecule has 1 aliphatic rings. The normalized spacial score (nSPS) is 16.9. The third-order valence-electron chi connectivity index (χ3n) is 2.92. The SMILES string of the molecule is COC(=O)OC[C@H]1Cc2ccc([N+](=O)[O-])cc2C(=O)N1. The van der Waals surface area contributed by atoms with Crippen LogP contribution in [0.25, 0.3) is 0 Å². The molecule has 0 saturated carbocycles. The molecule has 8 nitrogen and oxygen atoms in total. The maximum atomic E-state index is 11.9. The van der Waals surface area contributed by atoms with E-state index >= 15 is 0 Å². The molecule has 1 atom stereocenters. The number of carbonyl (C=O) groups excluding carboxylic acids is 2. The van der Waals surface area contributed by atoms with Gasteiger partial charge < -0.3 is 14.8 Å². The summed E-state index contributed by atoms with van der Waals surface area (Å²) in [5.74, 6) is -0.423. The Morgan fingerprint density at radius 2 is 2.30 bits per heavy atom. The second kappa shape index (κ2) is 5.55. The highest BCUT2D eigenvalue weighted by Crippen LogP contribution is 2.22. The van der Waals surface area contributed by atoms with Gasteiger partial charge in [-0.25, -0.2) is 4.79 Å². The molecule has 1 heterocycles. The molecule has 1 aromatic carbocycles. The van der Waals surface area contributed by atoms with Gasteiger partial charge in [-0.1, -0.05) is 6.07 Å². The minimum Gasteiger partial charge on any atom is -0.438 e. The Bertz CT molecular complexity index is 571. The van der Waals surface area contributed by atoms with Crippen molar-refractivity contribution in [3.8, 4) is 0 Å². The zero-order valence-electron chi connectivity index (χ0n) is 10.6. The number of benzene rings is 1. The van der Waals surface area contributed by atoms with Crippen LogP contribution in [0.2, 0.25) is 0 Å². The third kappa shape index (κ3) is 2.85. The highest BCUT2D eigenvalue weighted by atomic mass is 16.7. The molecule has 1 aliphatic heterocycles. The van der Waals surface area contributed by atoms with Gasteiger partial charge in [0.2, 0.25) is 0 Å². The summed E-state index contributed by atoms with van der Waals surface area (Å²) >= 11 is 0. The van der Waals surface area contributed by atoms with E-state index in [1.165, 1.54) is 25.3 Å². The van der Waals surface area contributed by atoms with Crippen LogP contribution in [-0.4, -0.2) is 36.7 Å². The topological polar surface area (TPSA) is 108 Å². The number of nitro benzene ring substituents is 1. The number of methoxy groups -OCH3 is 1. The molecule has 106 valence electrons. The van der Waals surface area contributed by atoms with E-state index in [0.717, 1.165) is 0 Å². The Kier molecular flexibility index (Phi) is 3.83. The summed E-state index contributed by atoms with van der Waals surface area (Å²) < 4.78 is 9.10. The third-order valence-corrected chi connectivity index (χ3v) is 2.92. The summed E-state index contributed by atoms with van der Waals surface area (Å²) in [7, 11) is 1.19. The molecule has 0 aromatic heterocycles. The zero-order valence-corrected chi connectivity index (χ0v) is 10.6. The van der Waals surface area contributed by atoms with Gasteiger partial charge in [-0.2, -0.15) is 0 Å². The quantitative estimate of drug-likeness (QED) is 0.503. The number of nitrogens with one attached hydrogen (secondary N) is 1. The lowest BCUT2D eigenvalue weighted by Gasteiger charge is -2.24. The fourth-order valence-electron chi connectivity index (χ4n) is 1.98. The molecule has 0 unspecified atom stereocenters. The lowest BCUT2D eigenvalue weighted by Crippen LogP contribution is -2.44. The number of carbonyl (C=O) groups is 2. The van der Waals surface area contributed by atoms with Crippen molar-refractivity contribution < 1.29 is 24.0 Å². The lowest BCUT2D eigenvalue weighted by atomic mass is 9.95. The molecule has 0 aliphatic carbocycles. The highest BCUT2D eigenvalue weighted by Gasteiger charge is 2.27. The van der Waals surface area contributed by atoms with Gasteiger partial charge in [-0.3, -0.25) is 14.9 Å². The van der Waals surface area contributed by atoms with Gasteiger partial charge in [0.25, 0.3) is 11.6 Å². The van der Waals surface area contributed by atoms with E-state index < -0.39 is 17.0 Å². The van der Waals surface area contributed by atoms with Gasteiger partial charge in [0.1, 0.15) is 6.61 Å². The van der Waals surface area contributed by atoms with Gasteiger partial charge in [-0.05, 0) is 12.0 Å². The van der Waals surface area contributed by atoms with E-state index in [9.17, 15) is 19.7 Å². The van der Waals surface area contributed by atoms with E-state index in [1.807, 2.05) is 0 Å². The van der Waals surface area contributed by atoms with Gasteiger partial charge in [0.15, 0.2) is 0 Å². The summed E-state index contributed by atoms with van der Waals surface area (Å²) in [6, 6.07) is 3.74.